The second-order valence-corrected chi connectivity index (χ2v) is 5.07. The van der Waals surface area contributed by atoms with Crippen molar-refractivity contribution in [1.29, 1.82) is 0 Å². The average Bonchev–Trinajstić information content (AvgIpc) is 2.21. The van der Waals surface area contributed by atoms with Crippen molar-refractivity contribution in [3.63, 3.8) is 0 Å². The van der Waals surface area contributed by atoms with Gasteiger partial charge in [0.15, 0.2) is 0 Å². The number of phenolic OH excluding ortho intramolecular Hbond substituents is 1. The number of halogens is 2. The fraction of sp³-hybridized carbons (Fsp3) is 0.417. The largest absolute Gasteiger partial charge is 0.506 e. The zero-order valence-corrected chi connectivity index (χ0v) is 10.6. The van der Waals surface area contributed by atoms with Crippen molar-refractivity contribution in [3.05, 3.63) is 28.0 Å². The molecular formula is C12H14ClFO3. The van der Waals surface area contributed by atoms with E-state index in [1.165, 1.54) is 20.8 Å². The van der Waals surface area contributed by atoms with E-state index in [0.717, 1.165) is 6.07 Å². The summed E-state index contributed by atoms with van der Waals surface area (Å²) in [4.78, 5) is 11.0. The van der Waals surface area contributed by atoms with Gasteiger partial charge < -0.3 is 10.2 Å². The molecule has 1 aromatic carbocycles. The Hall–Kier alpha value is -1.29. The molecule has 94 valence electrons. The van der Waals surface area contributed by atoms with Crippen LogP contribution in [0.3, 0.4) is 0 Å². The fourth-order valence-electron chi connectivity index (χ4n) is 1.49. The van der Waals surface area contributed by atoms with Gasteiger partial charge in [0.25, 0.3) is 0 Å². The summed E-state index contributed by atoms with van der Waals surface area (Å²) in [7, 11) is 0. The van der Waals surface area contributed by atoms with E-state index in [9.17, 15) is 14.3 Å². The number of phenols is 1. The molecule has 1 aromatic rings. The van der Waals surface area contributed by atoms with Crippen LogP contribution in [0.2, 0.25) is 5.02 Å². The van der Waals surface area contributed by atoms with E-state index in [2.05, 4.69) is 0 Å². The van der Waals surface area contributed by atoms with Gasteiger partial charge in [0.05, 0.1) is 10.4 Å². The molecule has 0 aromatic heterocycles. The van der Waals surface area contributed by atoms with Crippen LogP contribution in [-0.4, -0.2) is 16.2 Å². The Balaban J connectivity index is 3.28. The van der Waals surface area contributed by atoms with Gasteiger partial charge in [-0.2, -0.15) is 0 Å². The summed E-state index contributed by atoms with van der Waals surface area (Å²) in [6.07, 6.45) is 0.0114. The number of hydrogen-bond donors (Lipinski definition) is 2. The summed E-state index contributed by atoms with van der Waals surface area (Å²) >= 11 is 5.66. The Morgan fingerprint density at radius 1 is 1.53 bits per heavy atom. The third-order valence-electron chi connectivity index (χ3n) is 2.77. The van der Waals surface area contributed by atoms with E-state index in [1.54, 1.807) is 0 Å². The zero-order chi connectivity index (χ0) is 13.4. The molecule has 0 aliphatic carbocycles. The SMILES string of the molecule is Cc1c(F)cc(Cl)c(O)c1CC(C)(C)C(=O)O. The molecule has 0 heterocycles. The predicted molar refractivity (Wildman–Crippen MR) is 62.9 cm³/mol. The van der Waals surface area contributed by atoms with Crippen LogP contribution in [-0.2, 0) is 11.2 Å². The third kappa shape index (κ3) is 2.69. The molecular weight excluding hydrogens is 247 g/mol. The van der Waals surface area contributed by atoms with Gasteiger partial charge in [-0.25, -0.2) is 4.39 Å². The van der Waals surface area contributed by atoms with Crippen molar-refractivity contribution in [3.8, 4) is 5.75 Å². The number of carboxylic acids is 1. The molecule has 0 fully saturated rings. The van der Waals surface area contributed by atoms with Crippen molar-refractivity contribution in [2.75, 3.05) is 0 Å². The summed E-state index contributed by atoms with van der Waals surface area (Å²) in [5.74, 6) is -1.82. The van der Waals surface area contributed by atoms with Gasteiger partial charge in [-0.15, -0.1) is 0 Å². The summed E-state index contributed by atoms with van der Waals surface area (Å²) in [5, 5.41) is 18.7. The molecule has 0 bridgehead atoms. The van der Waals surface area contributed by atoms with Crippen molar-refractivity contribution in [2.45, 2.75) is 27.2 Å². The minimum absolute atomic E-state index is 0.0114. The van der Waals surface area contributed by atoms with Crippen molar-refractivity contribution >= 4 is 17.6 Å². The van der Waals surface area contributed by atoms with E-state index in [-0.39, 0.29) is 28.3 Å². The van der Waals surface area contributed by atoms with Gasteiger partial charge in [0.1, 0.15) is 11.6 Å². The highest BCUT2D eigenvalue weighted by Gasteiger charge is 2.30. The predicted octanol–water partition coefficient (Wildman–Crippen LogP) is 3.15. The van der Waals surface area contributed by atoms with Crippen LogP contribution >= 0.6 is 11.6 Å². The number of benzene rings is 1. The molecule has 0 radical (unpaired) electrons. The molecule has 17 heavy (non-hydrogen) atoms. The Labute approximate surface area is 104 Å². The van der Waals surface area contributed by atoms with Gasteiger partial charge >= 0.3 is 5.97 Å². The molecule has 0 spiro atoms. The second kappa shape index (κ2) is 4.53. The maximum atomic E-state index is 13.5. The number of aromatic hydroxyl groups is 1. The lowest BCUT2D eigenvalue weighted by Crippen LogP contribution is -2.26. The number of aliphatic carboxylic acids is 1. The first-order chi connectivity index (χ1) is 7.66. The van der Waals surface area contributed by atoms with Crippen molar-refractivity contribution in [1.82, 2.24) is 0 Å². The zero-order valence-electron chi connectivity index (χ0n) is 9.84. The molecule has 0 aliphatic rings. The summed E-state index contributed by atoms with van der Waals surface area (Å²) in [6, 6.07) is 1.02. The number of carbonyl (C=O) groups is 1. The van der Waals surface area contributed by atoms with Crippen LogP contribution in [0.4, 0.5) is 4.39 Å². The summed E-state index contributed by atoms with van der Waals surface area (Å²) < 4.78 is 13.5. The van der Waals surface area contributed by atoms with Crippen molar-refractivity contribution < 1.29 is 19.4 Å². The molecule has 0 atom stereocenters. The first kappa shape index (κ1) is 13.8. The van der Waals surface area contributed by atoms with E-state index < -0.39 is 17.2 Å². The lowest BCUT2D eigenvalue weighted by atomic mass is 9.84. The van der Waals surface area contributed by atoms with Crippen LogP contribution < -0.4 is 0 Å². The number of hydrogen-bond acceptors (Lipinski definition) is 2. The van der Waals surface area contributed by atoms with E-state index >= 15 is 0 Å². The Morgan fingerprint density at radius 2 is 2.06 bits per heavy atom. The topological polar surface area (TPSA) is 57.5 Å². The molecule has 2 N–H and O–H groups in total. The third-order valence-corrected chi connectivity index (χ3v) is 3.06. The highest BCUT2D eigenvalue weighted by Crippen LogP contribution is 2.36. The average molecular weight is 261 g/mol. The van der Waals surface area contributed by atoms with E-state index in [1.807, 2.05) is 0 Å². The van der Waals surface area contributed by atoms with Crippen molar-refractivity contribution in [2.24, 2.45) is 5.41 Å². The lowest BCUT2D eigenvalue weighted by molar-refractivity contribution is -0.146. The highest BCUT2D eigenvalue weighted by atomic mass is 35.5. The Bertz CT molecular complexity index is 443. The smallest absolute Gasteiger partial charge is 0.309 e. The normalized spacial score (nSPS) is 11.6. The maximum absolute atomic E-state index is 13.5. The molecule has 0 unspecified atom stereocenters. The first-order valence-corrected chi connectivity index (χ1v) is 5.44. The molecule has 3 nitrogen and oxygen atoms in total. The molecule has 1 rings (SSSR count). The van der Waals surface area contributed by atoms with Crippen LogP contribution in [0.5, 0.6) is 5.75 Å². The summed E-state index contributed by atoms with van der Waals surface area (Å²) in [6.45, 7) is 4.50. The monoisotopic (exact) mass is 260 g/mol. The maximum Gasteiger partial charge on any atom is 0.309 e. The first-order valence-electron chi connectivity index (χ1n) is 5.06. The standard InChI is InChI=1S/C12H14ClFO3/c1-6-7(5-12(2,3)11(16)17)10(15)8(13)4-9(6)14/h4,15H,5H2,1-3H3,(H,16,17). The van der Waals surface area contributed by atoms with Crippen LogP contribution in [0.1, 0.15) is 25.0 Å². The van der Waals surface area contributed by atoms with Gasteiger partial charge in [0, 0.05) is 5.56 Å². The van der Waals surface area contributed by atoms with Gasteiger partial charge in [-0.05, 0) is 38.8 Å². The lowest BCUT2D eigenvalue weighted by Gasteiger charge is -2.21. The van der Waals surface area contributed by atoms with Crippen LogP contribution in [0.15, 0.2) is 6.07 Å². The minimum atomic E-state index is -1.10. The minimum Gasteiger partial charge on any atom is -0.506 e. The van der Waals surface area contributed by atoms with Gasteiger partial charge in [-0.3, -0.25) is 4.79 Å². The molecule has 0 amide bonds. The van der Waals surface area contributed by atoms with Crippen LogP contribution in [0, 0.1) is 18.2 Å². The second-order valence-electron chi connectivity index (χ2n) is 4.66. The highest BCUT2D eigenvalue weighted by molar-refractivity contribution is 6.32. The van der Waals surface area contributed by atoms with Crippen LogP contribution in [0.25, 0.3) is 0 Å². The number of carboxylic acid groups (broad SMARTS) is 1. The van der Waals surface area contributed by atoms with E-state index in [4.69, 9.17) is 16.7 Å². The fourth-order valence-corrected chi connectivity index (χ4v) is 1.70. The summed E-state index contributed by atoms with van der Waals surface area (Å²) in [5.41, 5.74) is -0.636. The quantitative estimate of drug-likeness (QED) is 0.878. The Kier molecular flexibility index (Phi) is 3.67. The molecule has 0 aliphatic heterocycles. The molecule has 5 heteroatoms. The van der Waals surface area contributed by atoms with Gasteiger partial charge in [-0.1, -0.05) is 11.6 Å². The van der Waals surface area contributed by atoms with Gasteiger partial charge in [0.2, 0.25) is 0 Å². The molecule has 0 saturated carbocycles. The number of rotatable bonds is 3. The Morgan fingerprint density at radius 3 is 2.53 bits per heavy atom. The van der Waals surface area contributed by atoms with E-state index in [0.29, 0.717) is 0 Å². The molecule has 0 saturated heterocycles.